The second kappa shape index (κ2) is 50.6. The predicted octanol–water partition coefficient (Wildman–Crippen LogP) is 11.0. The van der Waals surface area contributed by atoms with Gasteiger partial charge in [-0.05, 0) is 213 Å². The first kappa shape index (κ1) is 109. The number of nitrogens with zero attached hydrogens (tertiary/aromatic N) is 4. The Balaban J connectivity index is 0.000000447. The summed E-state index contributed by atoms with van der Waals surface area (Å²) in [5, 5.41) is 21.0. The first-order valence-corrected chi connectivity index (χ1v) is 44.9. The molecule has 656 valence electrons. The van der Waals surface area contributed by atoms with Gasteiger partial charge in [-0.1, -0.05) is 18.2 Å². The number of rotatable bonds is 25. The summed E-state index contributed by atoms with van der Waals surface area (Å²) in [4.78, 5) is 97.4. The first-order valence-electron chi connectivity index (χ1n) is 36.6. The molecule has 9 N–H and O–H groups in total. The van der Waals surface area contributed by atoms with Crippen LogP contribution in [0.4, 0.5) is 62.9 Å². The molecule has 9 aromatic rings. The van der Waals surface area contributed by atoms with Gasteiger partial charge in [0.1, 0.15) is 34.8 Å². The van der Waals surface area contributed by atoms with Crippen molar-refractivity contribution in [1.29, 1.82) is 0 Å². The molecule has 33 nitrogen and oxygen atoms in total. The molecule has 0 unspecified atom stereocenters. The van der Waals surface area contributed by atoms with Crippen molar-refractivity contribution in [3.8, 4) is 63.0 Å². The van der Waals surface area contributed by atoms with E-state index in [9.17, 15) is 54.0 Å². The maximum absolute atomic E-state index is 13.5. The van der Waals surface area contributed by atoms with E-state index in [1.165, 1.54) is 57.1 Å². The normalized spacial score (nSPS) is 12.0. The number of nitrogens with two attached hydrogens (primary N) is 1. The van der Waals surface area contributed by atoms with E-state index in [0.29, 0.717) is 87.2 Å². The molecule has 5 amide bonds. The monoisotopic (exact) mass is 2110 g/mol. The fraction of sp³-hybridized carbons (Fsp3) is 0.342. The Morgan fingerprint density at radius 3 is 1.14 bits per heavy atom. The average Bonchev–Trinajstić information content (AvgIpc) is 1.29. The fourth-order valence-corrected chi connectivity index (χ4v) is 18.6. The number of aromatic nitrogens is 3. The van der Waals surface area contributed by atoms with Crippen molar-refractivity contribution in [3.63, 3.8) is 0 Å². The van der Waals surface area contributed by atoms with Crippen LogP contribution in [0.1, 0.15) is 105 Å². The summed E-state index contributed by atoms with van der Waals surface area (Å²) in [6.07, 6.45) is 1.34. The third kappa shape index (κ3) is 37.3. The number of nitrogens with one attached hydrogen (secondary N) is 7. The maximum Gasteiger partial charge on any atom is 1.00 e. The quantitative estimate of drug-likeness (QED) is 0.00501. The van der Waals surface area contributed by atoms with Crippen LogP contribution in [0.2, 0.25) is 0 Å². The minimum atomic E-state index is -3.99. The molecule has 44 heteroatoms. The van der Waals surface area contributed by atoms with E-state index in [1.807, 2.05) is 24.3 Å². The van der Waals surface area contributed by atoms with Crippen molar-refractivity contribution >= 4 is 175 Å². The smallest absolute Gasteiger partial charge is 1.00 e. The Kier molecular flexibility index (Phi) is 45.0. The van der Waals surface area contributed by atoms with Crippen LogP contribution in [0.5, 0.6) is 0 Å². The van der Waals surface area contributed by atoms with Gasteiger partial charge < -0.3 is 45.7 Å². The van der Waals surface area contributed by atoms with E-state index in [2.05, 4.69) is 60.0 Å². The number of nitrogen functional groups attached to an aromatic ring is 1. The average molecular weight is 2110 g/mol. The van der Waals surface area contributed by atoms with E-state index in [1.54, 1.807) is 207 Å². The van der Waals surface area contributed by atoms with E-state index < -0.39 is 82.6 Å². The van der Waals surface area contributed by atoms with Crippen LogP contribution in [0.25, 0.3) is 63.0 Å². The van der Waals surface area contributed by atoms with Crippen molar-refractivity contribution in [2.75, 3.05) is 70.0 Å². The van der Waals surface area contributed by atoms with Gasteiger partial charge in [0, 0.05) is 114 Å². The molecule has 0 radical (unpaired) electrons. The third-order valence-electron chi connectivity index (χ3n) is 14.6. The number of thiazole rings is 3. The maximum atomic E-state index is 13.5. The van der Waals surface area contributed by atoms with E-state index in [4.69, 9.17) is 74.3 Å². The van der Waals surface area contributed by atoms with Crippen molar-refractivity contribution in [3.05, 3.63) is 146 Å². The number of carbonyl (C=O) groups is 7. The summed E-state index contributed by atoms with van der Waals surface area (Å²) in [7, 11) is -11.7. The molecule has 6 aromatic carbocycles. The Bertz CT molecular complexity index is 5410. The SMILES string of the molecule is CC(C)OC(=O)Nc1ccc(-c2ncc(-c3ccc(N)cc3S(=O)(=O)NC(C)(C)C)s2)cc1.CC(C)OC(=O)Nc1ccc(-c2ncc(-c3ccc(N4CCOC4=O)cc3S(=O)(=O)NC(C)(C)C)s2)cc1.CC(C)OC(=O)Nc1ccc(-c2ncc(-c3ccc(NC(=O)OCCCl)cc3S(=O)(=O)NC(C)(C)C)s2)cc1.O=C(Cl)OCCCl.O=CO[O-].[Cs+].[Cs+].[H-]. The van der Waals surface area contributed by atoms with E-state index in [0.717, 1.165) is 16.7 Å². The minimum absolute atomic E-state index is 0. The molecule has 10 rings (SSSR count). The third-order valence-corrected chi connectivity index (χ3v) is 23.6. The molecule has 0 saturated carbocycles. The molecule has 123 heavy (non-hydrogen) atoms. The zero-order chi connectivity index (χ0) is 90.0. The summed E-state index contributed by atoms with van der Waals surface area (Å²) in [6, 6.07) is 35.6. The summed E-state index contributed by atoms with van der Waals surface area (Å²) < 4.78 is 117. The number of sulfonamides is 3. The topological polar surface area (TPSA) is 462 Å². The largest absolute Gasteiger partial charge is 1.00 e. The van der Waals surface area contributed by atoms with Crippen LogP contribution >= 0.6 is 68.8 Å². The summed E-state index contributed by atoms with van der Waals surface area (Å²) >= 11 is 19.4. The van der Waals surface area contributed by atoms with E-state index >= 15 is 0 Å². The number of halogens is 3. The number of hydrogen-bond donors (Lipinski definition) is 8. The molecule has 1 fully saturated rings. The molecule has 3 aromatic heterocycles. The van der Waals surface area contributed by atoms with Gasteiger partial charge in [-0.25, -0.2) is 83.1 Å². The fourth-order valence-electron chi connectivity index (χ4n) is 10.3. The molecule has 0 spiro atoms. The van der Waals surface area contributed by atoms with Gasteiger partial charge in [0.2, 0.25) is 30.1 Å². The van der Waals surface area contributed by atoms with Gasteiger partial charge in [-0.2, -0.15) is 0 Å². The number of alkyl halides is 2. The Hall–Kier alpha value is -6.04. The standard InChI is InChI=1S/C26H31ClN4O6S2.C26H30N4O6S2.C23H28N4O4S2.C3H4Cl2O2.CH2O3.2Cs.H/c1-16(2)37-25(33)29-18-8-6-17(7-9-18)23-28-15-21(38-23)20-11-10-19(30-24(32)36-13-12-27)14-22(20)39(34,35)31-26(3,4)5;1-16(2)36-24(31)28-18-8-6-17(7-9-18)23-27-15-21(37-23)20-11-10-19(30-12-13-35-25(30)32)14-22(20)38(33,34)29-26(3,4)5;1-14(2)31-22(28)26-17-9-6-15(7-10-17)21-25-13-19(32-21)18-11-8-16(24)12-20(18)33(29,30)27-23(3,4)5;4-1-2-7-3(5)6;2-1-4-3;;;/h6-11,14-16,31H,12-13H2,1-5H3,(H,29,33)(H,30,32);6-11,14-16,29H,12-13H2,1-5H3,(H,28,31);6-14,27H,24H2,1-5H3,(H,26,28);1-2H2;1,3H;;;/q;;;;;2*+1;-1/p-1. The van der Waals surface area contributed by atoms with Crippen LogP contribution in [0.15, 0.2) is 161 Å². The van der Waals surface area contributed by atoms with Gasteiger partial charge in [0.05, 0.1) is 65.9 Å². The molecule has 0 bridgehead atoms. The minimum Gasteiger partial charge on any atom is -1.00 e. The summed E-state index contributed by atoms with van der Waals surface area (Å²) in [6.45, 7) is 27.1. The van der Waals surface area contributed by atoms with Gasteiger partial charge in [0.25, 0.3) is 6.47 Å². The number of cyclic esters (lactones) is 1. The van der Waals surface area contributed by atoms with Crippen LogP contribution in [0, 0.1) is 0 Å². The Morgan fingerprint density at radius 1 is 0.512 bits per heavy atom. The Morgan fingerprint density at radius 2 is 0.829 bits per heavy atom. The van der Waals surface area contributed by atoms with Gasteiger partial charge in [-0.15, -0.1) is 57.2 Å². The number of anilines is 6. The number of benzene rings is 6. The van der Waals surface area contributed by atoms with Gasteiger partial charge in [0.15, 0.2) is 0 Å². The molecule has 4 heterocycles. The second-order valence-corrected chi connectivity index (χ2v) is 38.6. The summed E-state index contributed by atoms with van der Waals surface area (Å²) in [5.41, 5.74) is 9.62. The zero-order valence-electron chi connectivity index (χ0n) is 71.4. The number of carbonyl (C=O) groups excluding carboxylic acids is 7. The molecular weight excluding hydrogens is 2020 g/mol. The van der Waals surface area contributed by atoms with Crippen LogP contribution in [-0.4, -0.2) is 156 Å². The Labute approximate surface area is 861 Å². The predicted molar refractivity (Wildman–Crippen MR) is 470 cm³/mol. The molecular formula is C79H95Cl3Cs2N12O21S6. The van der Waals surface area contributed by atoms with Crippen LogP contribution in [-0.2, 0) is 68.2 Å². The van der Waals surface area contributed by atoms with E-state index in [-0.39, 0.29) is 210 Å². The van der Waals surface area contributed by atoms with Crippen molar-refractivity contribution in [2.45, 2.75) is 153 Å². The van der Waals surface area contributed by atoms with Crippen molar-refractivity contribution in [2.24, 2.45) is 0 Å². The molecule has 1 saturated heterocycles. The van der Waals surface area contributed by atoms with Crippen LogP contribution in [0.3, 0.4) is 0 Å². The molecule has 0 aliphatic carbocycles. The number of ether oxygens (including phenoxy) is 6. The first-order chi connectivity index (χ1) is 56.6. The molecule has 0 atom stereocenters. The van der Waals surface area contributed by atoms with Gasteiger partial charge >= 0.3 is 174 Å². The number of hydrogen-bond acceptors (Lipinski definition) is 28. The summed E-state index contributed by atoms with van der Waals surface area (Å²) in [5.74, 6) is 0.428. The second-order valence-electron chi connectivity index (χ2n) is 29.5. The zero-order valence-corrected chi connectivity index (χ0v) is 90.2. The van der Waals surface area contributed by atoms with Crippen molar-refractivity contribution in [1.82, 2.24) is 29.1 Å². The molecule has 1 aliphatic heterocycles. The number of amides is 5. The molecule has 1 aliphatic rings. The van der Waals surface area contributed by atoms with Crippen molar-refractivity contribution < 1.29 is 237 Å². The van der Waals surface area contributed by atoms with Crippen LogP contribution < -0.4 is 189 Å². The van der Waals surface area contributed by atoms with Gasteiger partial charge in [-0.3, -0.25) is 31.0 Å².